The van der Waals surface area contributed by atoms with Crippen LogP contribution in [0.15, 0.2) is 54.9 Å². The largest absolute Gasteiger partial charge is 0.497 e. The van der Waals surface area contributed by atoms with Crippen LogP contribution >= 0.6 is 0 Å². The van der Waals surface area contributed by atoms with Crippen molar-refractivity contribution in [2.75, 3.05) is 19.5 Å². The average Bonchev–Trinajstić information content (AvgIpc) is 2.74. The third-order valence-electron chi connectivity index (χ3n) is 3.81. The van der Waals surface area contributed by atoms with Crippen molar-refractivity contribution < 1.29 is 23.9 Å². The Hall–Kier alpha value is -4.21. The molecule has 3 aromatic rings. The van der Waals surface area contributed by atoms with Crippen molar-refractivity contribution in [2.24, 2.45) is 0 Å². The van der Waals surface area contributed by atoms with E-state index in [2.05, 4.69) is 20.0 Å². The van der Waals surface area contributed by atoms with Crippen molar-refractivity contribution in [1.82, 2.24) is 9.97 Å². The fourth-order valence-corrected chi connectivity index (χ4v) is 2.39. The Morgan fingerprint density at radius 1 is 1.00 bits per heavy atom. The molecule has 0 radical (unpaired) electrons. The summed E-state index contributed by atoms with van der Waals surface area (Å²) in [5.74, 6) is 0.205. The van der Waals surface area contributed by atoms with Crippen LogP contribution in [0.3, 0.4) is 0 Å². The molecule has 3 rings (SSSR count). The molecule has 29 heavy (non-hydrogen) atoms. The molecule has 0 fully saturated rings. The molecule has 0 saturated heterocycles. The number of nitrogens with one attached hydrogen (secondary N) is 1. The lowest BCUT2D eigenvalue weighted by molar-refractivity contribution is -0.385. The smallest absolute Gasteiger partial charge is 0.373 e. The molecular weight excluding hydrogens is 380 g/mol. The van der Waals surface area contributed by atoms with Gasteiger partial charge in [0.15, 0.2) is 0 Å². The first kappa shape index (κ1) is 19.5. The Morgan fingerprint density at radius 3 is 2.24 bits per heavy atom. The molecule has 0 aliphatic carbocycles. The number of ether oxygens (including phenoxy) is 3. The van der Waals surface area contributed by atoms with Gasteiger partial charge in [0.2, 0.25) is 5.82 Å². The first-order valence-electron chi connectivity index (χ1n) is 8.28. The number of hydrogen-bond acceptors (Lipinski definition) is 9. The van der Waals surface area contributed by atoms with E-state index in [1.807, 2.05) is 0 Å². The maximum atomic E-state index is 11.6. The lowest BCUT2D eigenvalue weighted by Crippen LogP contribution is -2.04. The molecular formula is C19H16N4O6. The fraction of sp³-hybridized carbons (Fsp3) is 0.105. The van der Waals surface area contributed by atoms with E-state index in [1.54, 1.807) is 36.4 Å². The van der Waals surface area contributed by atoms with Gasteiger partial charge < -0.3 is 19.5 Å². The highest BCUT2D eigenvalue weighted by Crippen LogP contribution is 2.35. The van der Waals surface area contributed by atoms with Gasteiger partial charge in [-0.15, -0.1) is 0 Å². The normalized spacial score (nSPS) is 10.1. The zero-order valence-corrected chi connectivity index (χ0v) is 15.5. The topological polar surface area (TPSA) is 126 Å². The van der Waals surface area contributed by atoms with E-state index >= 15 is 0 Å². The molecule has 0 bridgehead atoms. The molecule has 148 valence electrons. The van der Waals surface area contributed by atoms with Crippen LogP contribution in [0, 0.1) is 10.1 Å². The van der Waals surface area contributed by atoms with Gasteiger partial charge in [-0.3, -0.25) is 10.1 Å². The number of benzene rings is 2. The lowest BCUT2D eigenvalue weighted by Gasteiger charge is -2.10. The summed E-state index contributed by atoms with van der Waals surface area (Å²) in [6.07, 6.45) is 1.15. The Morgan fingerprint density at radius 2 is 1.66 bits per heavy atom. The number of esters is 1. The van der Waals surface area contributed by atoms with Gasteiger partial charge in [-0.05, 0) is 48.5 Å². The number of nitro groups is 1. The Labute approximate surface area is 165 Å². The van der Waals surface area contributed by atoms with Crippen molar-refractivity contribution >= 4 is 23.2 Å². The van der Waals surface area contributed by atoms with E-state index in [0.29, 0.717) is 22.7 Å². The maximum Gasteiger partial charge on any atom is 0.373 e. The highest BCUT2D eigenvalue weighted by atomic mass is 16.6. The highest BCUT2D eigenvalue weighted by Gasteiger charge is 2.25. The summed E-state index contributed by atoms with van der Waals surface area (Å²) in [5.41, 5.74) is 0.397. The Kier molecular flexibility index (Phi) is 5.83. The van der Waals surface area contributed by atoms with E-state index in [4.69, 9.17) is 9.47 Å². The molecule has 2 aromatic carbocycles. The lowest BCUT2D eigenvalue weighted by atomic mass is 10.2. The summed E-state index contributed by atoms with van der Waals surface area (Å²) in [5, 5.41) is 14.5. The third kappa shape index (κ3) is 4.56. The minimum absolute atomic E-state index is 0.0562. The van der Waals surface area contributed by atoms with Crippen molar-refractivity contribution in [3.05, 3.63) is 70.5 Å². The molecule has 1 N–H and O–H groups in total. The number of carbonyl (C=O) groups is 1. The second kappa shape index (κ2) is 8.65. The van der Waals surface area contributed by atoms with Crippen molar-refractivity contribution in [2.45, 2.75) is 0 Å². The number of methoxy groups -OCH3 is 2. The van der Waals surface area contributed by atoms with Crippen molar-refractivity contribution in [3.63, 3.8) is 0 Å². The standard InChI is InChI=1S/C19H16N4O6/c1-27-14-7-9-15(10-8-14)29-18-16(23(25)26)17(20-11-21-18)22-13-5-3-12(4-6-13)19(24)28-2/h3-11H,1-2H3,(H,20,21,22). The van der Waals surface area contributed by atoms with Gasteiger partial charge in [0.25, 0.3) is 0 Å². The molecule has 0 spiro atoms. The molecule has 1 aromatic heterocycles. The second-order valence-electron chi connectivity index (χ2n) is 5.60. The number of carbonyl (C=O) groups excluding carboxylic acids is 1. The first-order chi connectivity index (χ1) is 14.0. The van der Waals surface area contributed by atoms with Gasteiger partial charge in [0, 0.05) is 5.69 Å². The molecule has 10 nitrogen and oxygen atoms in total. The van der Waals surface area contributed by atoms with Gasteiger partial charge in [-0.1, -0.05) is 0 Å². The summed E-state index contributed by atoms with van der Waals surface area (Å²) >= 11 is 0. The summed E-state index contributed by atoms with van der Waals surface area (Å²) in [6.45, 7) is 0. The molecule has 0 saturated carbocycles. The first-order valence-corrected chi connectivity index (χ1v) is 8.28. The molecule has 0 aliphatic heterocycles. The van der Waals surface area contributed by atoms with Crippen LogP contribution < -0.4 is 14.8 Å². The van der Waals surface area contributed by atoms with Crippen LogP contribution in [-0.4, -0.2) is 35.1 Å². The molecule has 1 heterocycles. The van der Waals surface area contributed by atoms with Gasteiger partial charge >= 0.3 is 17.5 Å². The van der Waals surface area contributed by atoms with E-state index < -0.39 is 16.6 Å². The molecule has 0 amide bonds. The van der Waals surface area contributed by atoms with Crippen LogP contribution in [0.4, 0.5) is 17.2 Å². The van der Waals surface area contributed by atoms with Gasteiger partial charge in [-0.2, -0.15) is 4.98 Å². The van der Waals surface area contributed by atoms with Crippen LogP contribution in [0.5, 0.6) is 17.4 Å². The zero-order chi connectivity index (χ0) is 20.8. The SMILES string of the molecule is COC(=O)c1ccc(Nc2ncnc(Oc3ccc(OC)cc3)c2[N+](=O)[O-])cc1. The monoisotopic (exact) mass is 396 g/mol. The van der Waals surface area contributed by atoms with Gasteiger partial charge in [-0.25, -0.2) is 9.78 Å². The van der Waals surface area contributed by atoms with Crippen LogP contribution in [-0.2, 0) is 4.74 Å². The van der Waals surface area contributed by atoms with E-state index in [-0.39, 0.29) is 11.7 Å². The number of rotatable bonds is 7. The third-order valence-corrected chi connectivity index (χ3v) is 3.81. The number of aromatic nitrogens is 2. The molecule has 0 unspecified atom stereocenters. The maximum absolute atomic E-state index is 11.6. The Bertz CT molecular complexity index is 1020. The average molecular weight is 396 g/mol. The van der Waals surface area contributed by atoms with Gasteiger partial charge in [0.1, 0.15) is 17.8 Å². The molecule has 10 heteroatoms. The predicted octanol–water partition coefficient (Wildman–Crippen LogP) is 3.72. The summed E-state index contributed by atoms with van der Waals surface area (Å²) in [6, 6.07) is 12.7. The second-order valence-corrected chi connectivity index (χ2v) is 5.60. The van der Waals surface area contributed by atoms with E-state index in [9.17, 15) is 14.9 Å². The number of nitrogens with zero attached hydrogens (tertiary/aromatic N) is 3. The van der Waals surface area contributed by atoms with Crippen molar-refractivity contribution in [3.8, 4) is 17.4 Å². The van der Waals surface area contributed by atoms with E-state index in [1.165, 1.54) is 26.4 Å². The van der Waals surface area contributed by atoms with Gasteiger partial charge in [0.05, 0.1) is 24.7 Å². The van der Waals surface area contributed by atoms with Crippen molar-refractivity contribution in [1.29, 1.82) is 0 Å². The van der Waals surface area contributed by atoms with Crippen LogP contribution in [0.25, 0.3) is 0 Å². The van der Waals surface area contributed by atoms with Crippen LogP contribution in [0.2, 0.25) is 0 Å². The zero-order valence-electron chi connectivity index (χ0n) is 15.5. The fourth-order valence-electron chi connectivity index (χ4n) is 2.39. The summed E-state index contributed by atoms with van der Waals surface area (Å²) < 4.78 is 15.3. The Balaban J connectivity index is 1.88. The molecule has 0 aliphatic rings. The number of anilines is 2. The minimum Gasteiger partial charge on any atom is -0.497 e. The number of hydrogen-bond donors (Lipinski definition) is 1. The van der Waals surface area contributed by atoms with E-state index in [0.717, 1.165) is 6.33 Å². The predicted molar refractivity (Wildman–Crippen MR) is 103 cm³/mol. The quantitative estimate of drug-likeness (QED) is 0.361. The van der Waals surface area contributed by atoms with Crippen LogP contribution in [0.1, 0.15) is 10.4 Å². The summed E-state index contributed by atoms with van der Waals surface area (Å²) in [4.78, 5) is 30.3. The summed E-state index contributed by atoms with van der Waals surface area (Å²) in [7, 11) is 2.81. The molecule has 0 atom stereocenters. The highest BCUT2D eigenvalue weighted by molar-refractivity contribution is 5.89. The minimum atomic E-state index is -0.635.